The molecule has 0 saturated carbocycles. The van der Waals surface area contributed by atoms with Crippen LogP contribution in [0.25, 0.3) is 0 Å². The topological polar surface area (TPSA) is 79.4 Å². The number of anilines is 1. The van der Waals surface area contributed by atoms with Crippen LogP contribution in [0.1, 0.15) is 55.1 Å². The predicted octanol–water partition coefficient (Wildman–Crippen LogP) is 5.62. The average Bonchev–Trinajstić information content (AvgIpc) is 3.23. The van der Waals surface area contributed by atoms with Crippen molar-refractivity contribution in [2.24, 2.45) is 0 Å². The number of ether oxygens (including phenoxy) is 2. The van der Waals surface area contributed by atoms with Crippen molar-refractivity contribution in [3.63, 3.8) is 0 Å². The Morgan fingerprint density at radius 1 is 0.854 bits per heavy atom. The Bertz CT molecular complexity index is 1380. The zero-order valence-corrected chi connectivity index (χ0v) is 23.9. The summed E-state index contributed by atoms with van der Waals surface area (Å²) in [5.41, 5.74) is 1.65. The molecule has 5 rings (SSSR count). The zero-order valence-electron chi connectivity index (χ0n) is 23.9. The molecule has 2 amide bonds. The molecule has 41 heavy (non-hydrogen) atoms. The van der Waals surface area contributed by atoms with Crippen molar-refractivity contribution in [3.05, 3.63) is 102 Å². The van der Waals surface area contributed by atoms with Crippen molar-refractivity contribution < 1.29 is 23.9 Å². The normalized spacial score (nSPS) is 16.7. The Morgan fingerprint density at radius 3 is 2.12 bits per heavy atom. The van der Waals surface area contributed by atoms with E-state index < -0.39 is 17.1 Å². The van der Waals surface area contributed by atoms with Gasteiger partial charge in [0.2, 0.25) is 5.91 Å². The van der Waals surface area contributed by atoms with Crippen molar-refractivity contribution in [1.29, 1.82) is 0 Å². The fraction of sp³-hybridized carbons (Fsp3) is 0.364. The Morgan fingerprint density at radius 2 is 1.46 bits per heavy atom. The predicted molar refractivity (Wildman–Crippen MR) is 156 cm³/mol. The Labute approximate surface area is 241 Å². The number of carbonyl (C=O) groups is 3. The molecule has 0 atom stereocenters. The molecule has 8 nitrogen and oxygen atoms in total. The second kappa shape index (κ2) is 11.6. The molecule has 0 aromatic heterocycles. The van der Waals surface area contributed by atoms with Gasteiger partial charge < -0.3 is 24.2 Å². The van der Waals surface area contributed by atoms with Crippen LogP contribution in [0.15, 0.2) is 84.9 Å². The maximum absolute atomic E-state index is 14.2. The lowest BCUT2D eigenvalue weighted by molar-refractivity contribution is -0.134. The van der Waals surface area contributed by atoms with E-state index in [1.165, 1.54) is 0 Å². The number of para-hydroxylation sites is 1. The largest absolute Gasteiger partial charge is 0.456 e. The first kappa shape index (κ1) is 28.2. The van der Waals surface area contributed by atoms with Gasteiger partial charge in [-0.3, -0.25) is 4.79 Å². The summed E-state index contributed by atoms with van der Waals surface area (Å²) in [7, 11) is 0. The van der Waals surface area contributed by atoms with Gasteiger partial charge in [-0.2, -0.15) is 0 Å². The Balaban J connectivity index is 1.34. The van der Waals surface area contributed by atoms with Gasteiger partial charge in [0, 0.05) is 25.3 Å². The van der Waals surface area contributed by atoms with Gasteiger partial charge in [-0.25, -0.2) is 9.59 Å². The number of benzene rings is 3. The van der Waals surface area contributed by atoms with E-state index in [1.54, 1.807) is 21.9 Å². The summed E-state index contributed by atoms with van der Waals surface area (Å²) in [5.74, 6) is -0.408. The Hall–Kier alpha value is -4.33. The summed E-state index contributed by atoms with van der Waals surface area (Å²) in [5, 5.41) is 0. The molecule has 0 aliphatic carbocycles. The molecule has 2 saturated heterocycles. The third kappa shape index (κ3) is 6.21. The van der Waals surface area contributed by atoms with E-state index >= 15 is 0 Å². The molecular formula is C33H37N3O5. The number of esters is 1. The third-order valence-corrected chi connectivity index (χ3v) is 7.63. The second-order valence-corrected chi connectivity index (χ2v) is 11.6. The van der Waals surface area contributed by atoms with Crippen molar-refractivity contribution in [1.82, 2.24) is 9.80 Å². The number of hydrogen-bond donors (Lipinski definition) is 0. The lowest BCUT2D eigenvalue weighted by atomic mass is 9.85. The van der Waals surface area contributed by atoms with Crippen LogP contribution in [0, 0.1) is 0 Å². The van der Waals surface area contributed by atoms with E-state index in [9.17, 15) is 14.4 Å². The van der Waals surface area contributed by atoms with Gasteiger partial charge in [-0.05, 0) is 62.9 Å². The number of rotatable bonds is 6. The highest BCUT2D eigenvalue weighted by Crippen LogP contribution is 2.40. The van der Waals surface area contributed by atoms with Crippen LogP contribution < -0.4 is 4.90 Å². The van der Waals surface area contributed by atoms with Gasteiger partial charge >= 0.3 is 12.1 Å². The molecule has 214 valence electrons. The molecule has 2 heterocycles. The first-order chi connectivity index (χ1) is 19.7. The average molecular weight is 556 g/mol. The van der Waals surface area contributed by atoms with Crippen LogP contribution in [0.3, 0.4) is 0 Å². The molecule has 0 bridgehead atoms. The fourth-order valence-corrected chi connectivity index (χ4v) is 5.59. The maximum atomic E-state index is 14.2. The number of likely N-dealkylation sites (tertiary alicyclic amines) is 1. The van der Waals surface area contributed by atoms with Gasteiger partial charge in [0.15, 0.2) is 0 Å². The lowest BCUT2D eigenvalue weighted by Crippen LogP contribution is -2.57. The van der Waals surface area contributed by atoms with Crippen LogP contribution in [0.4, 0.5) is 10.5 Å². The monoisotopic (exact) mass is 555 g/mol. The summed E-state index contributed by atoms with van der Waals surface area (Å²) < 4.78 is 11.2. The van der Waals surface area contributed by atoms with Gasteiger partial charge in [0.05, 0.1) is 12.2 Å². The summed E-state index contributed by atoms with van der Waals surface area (Å²) >= 11 is 0. The molecular weight excluding hydrogens is 518 g/mol. The third-order valence-electron chi connectivity index (χ3n) is 7.63. The van der Waals surface area contributed by atoms with Crippen LogP contribution >= 0.6 is 0 Å². The van der Waals surface area contributed by atoms with Gasteiger partial charge in [-0.15, -0.1) is 0 Å². The van der Waals surface area contributed by atoms with Gasteiger partial charge in [0.25, 0.3) is 0 Å². The molecule has 1 spiro atoms. The van der Waals surface area contributed by atoms with Crippen LogP contribution in [0.2, 0.25) is 0 Å². The molecule has 0 N–H and O–H groups in total. The van der Waals surface area contributed by atoms with Crippen LogP contribution in [0.5, 0.6) is 0 Å². The number of hydrogen-bond acceptors (Lipinski definition) is 6. The standard InChI is InChI=1S/C33H37N3O5/c1-32(2,3)41-29(37)28-17-11-10-14-26(28)22-35-24-36(27-15-8-5-9-16-27)33(30(35)38)18-20-34(21-19-33)31(39)40-23-25-12-6-4-7-13-25/h4-17H,18-24H2,1-3H3. The highest BCUT2D eigenvalue weighted by Gasteiger charge is 2.54. The molecule has 0 radical (unpaired) electrons. The minimum atomic E-state index is -0.793. The van der Waals surface area contributed by atoms with E-state index in [-0.39, 0.29) is 25.2 Å². The Kier molecular flexibility index (Phi) is 8.01. The van der Waals surface area contributed by atoms with E-state index in [4.69, 9.17) is 9.47 Å². The quantitative estimate of drug-likeness (QED) is 0.368. The number of nitrogens with zero attached hydrogens (tertiary/aromatic N) is 3. The zero-order chi connectivity index (χ0) is 29.0. The fourth-order valence-electron chi connectivity index (χ4n) is 5.59. The van der Waals surface area contributed by atoms with Crippen molar-refractivity contribution in [2.45, 2.75) is 57.9 Å². The molecule has 0 unspecified atom stereocenters. The summed E-state index contributed by atoms with van der Waals surface area (Å²) in [6.07, 6.45) is 0.583. The van der Waals surface area contributed by atoms with Crippen LogP contribution in [-0.2, 0) is 27.4 Å². The van der Waals surface area contributed by atoms with E-state index in [0.717, 1.165) is 16.8 Å². The number of piperidine rings is 1. The van der Waals surface area contributed by atoms with Crippen molar-refractivity contribution >= 4 is 23.7 Å². The minimum Gasteiger partial charge on any atom is -0.456 e. The number of carbonyl (C=O) groups excluding carboxylic acids is 3. The van der Waals surface area contributed by atoms with Crippen LogP contribution in [-0.4, -0.2) is 58.7 Å². The van der Waals surface area contributed by atoms with E-state index in [1.807, 2.05) is 93.6 Å². The highest BCUT2D eigenvalue weighted by atomic mass is 16.6. The lowest BCUT2D eigenvalue weighted by Gasteiger charge is -2.42. The molecule has 8 heteroatoms. The second-order valence-electron chi connectivity index (χ2n) is 11.6. The van der Waals surface area contributed by atoms with Crippen molar-refractivity contribution in [3.8, 4) is 0 Å². The SMILES string of the molecule is CC(C)(C)OC(=O)c1ccccc1CN1CN(c2ccccc2)C2(CCN(C(=O)OCc3ccccc3)CC2)C1=O. The summed E-state index contributed by atoms with van der Waals surface area (Å²) in [4.78, 5) is 45.7. The summed E-state index contributed by atoms with van der Waals surface area (Å²) in [6, 6.07) is 26.8. The van der Waals surface area contributed by atoms with Gasteiger partial charge in [0.1, 0.15) is 17.7 Å². The molecule has 2 fully saturated rings. The van der Waals surface area contributed by atoms with Crippen molar-refractivity contribution in [2.75, 3.05) is 24.7 Å². The summed E-state index contributed by atoms with van der Waals surface area (Å²) in [6.45, 7) is 7.19. The molecule has 2 aliphatic heterocycles. The molecule has 2 aliphatic rings. The molecule has 3 aromatic carbocycles. The smallest absolute Gasteiger partial charge is 0.410 e. The first-order valence-electron chi connectivity index (χ1n) is 14.1. The van der Waals surface area contributed by atoms with E-state index in [0.29, 0.717) is 38.2 Å². The van der Waals surface area contributed by atoms with E-state index in [2.05, 4.69) is 4.90 Å². The van der Waals surface area contributed by atoms with Gasteiger partial charge in [-0.1, -0.05) is 66.7 Å². The maximum Gasteiger partial charge on any atom is 0.410 e. The first-order valence-corrected chi connectivity index (χ1v) is 14.1. The number of amides is 2. The highest BCUT2D eigenvalue weighted by molar-refractivity contribution is 5.95. The molecule has 3 aromatic rings. The minimum absolute atomic E-state index is 0.00218.